The number of aliphatic hydroxyl groups excluding tert-OH is 1. The Hall–Kier alpha value is -0.770. The van der Waals surface area contributed by atoms with E-state index in [4.69, 9.17) is 5.11 Å². The van der Waals surface area contributed by atoms with E-state index in [1.54, 1.807) is 0 Å². The summed E-state index contributed by atoms with van der Waals surface area (Å²) in [4.78, 5) is 11.8. The minimum absolute atomic E-state index is 0.0866. The quantitative estimate of drug-likeness (QED) is 0.666. The molecule has 0 aromatic heterocycles. The summed E-state index contributed by atoms with van der Waals surface area (Å²) >= 11 is 0. The van der Waals surface area contributed by atoms with Crippen LogP contribution in [0.25, 0.3) is 0 Å². The fourth-order valence-corrected chi connectivity index (χ4v) is 2.90. The van der Waals surface area contributed by atoms with E-state index in [-0.39, 0.29) is 24.1 Å². The average molecular weight is 270 g/mol. The van der Waals surface area contributed by atoms with Crippen LogP contribution in [-0.2, 0) is 0 Å². The van der Waals surface area contributed by atoms with E-state index in [1.165, 1.54) is 25.7 Å². The Labute approximate surface area is 117 Å². The second-order valence-electron chi connectivity index (χ2n) is 6.56. The molecule has 0 bridgehead atoms. The molecule has 4 nitrogen and oxygen atoms in total. The fraction of sp³-hybridized carbons (Fsp3) is 0.933. The molecule has 0 aromatic carbocycles. The summed E-state index contributed by atoms with van der Waals surface area (Å²) in [6.07, 6.45) is 6.80. The Morgan fingerprint density at radius 1 is 1.37 bits per heavy atom. The maximum absolute atomic E-state index is 11.8. The van der Waals surface area contributed by atoms with E-state index in [1.807, 2.05) is 6.92 Å². The van der Waals surface area contributed by atoms with Gasteiger partial charge in [-0.2, -0.15) is 0 Å². The van der Waals surface area contributed by atoms with Crippen molar-refractivity contribution in [1.29, 1.82) is 0 Å². The van der Waals surface area contributed by atoms with Gasteiger partial charge >= 0.3 is 6.03 Å². The summed E-state index contributed by atoms with van der Waals surface area (Å²) in [5.74, 6) is 0.736. The SMILES string of the molecule is CC(CCCO)NC(=O)NCC(C)(C)C1CCCC1. The first-order chi connectivity index (χ1) is 8.95. The number of rotatable bonds is 7. The van der Waals surface area contributed by atoms with Crippen LogP contribution in [-0.4, -0.2) is 30.3 Å². The third-order valence-corrected chi connectivity index (χ3v) is 4.34. The molecule has 1 fully saturated rings. The van der Waals surface area contributed by atoms with E-state index in [0.29, 0.717) is 0 Å². The summed E-state index contributed by atoms with van der Waals surface area (Å²) < 4.78 is 0. The number of carbonyl (C=O) groups excluding carboxylic acids is 1. The molecule has 2 amide bonds. The van der Waals surface area contributed by atoms with Crippen LogP contribution in [0.1, 0.15) is 59.3 Å². The highest BCUT2D eigenvalue weighted by Crippen LogP contribution is 2.38. The van der Waals surface area contributed by atoms with Crippen molar-refractivity contribution in [2.45, 2.75) is 65.3 Å². The summed E-state index contributed by atoms with van der Waals surface area (Å²) in [6.45, 7) is 7.38. The van der Waals surface area contributed by atoms with Crippen LogP contribution in [0.5, 0.6) is 0 Å². The second-order valence-corrected chi connectivity index (χ2v) is 6.56. The van der Waals surface area contributed by atoms with Crippen molar-refractivity contribution < 1.29 is 9.90 Å². The molecular formula is C15H30N2O2. The first-order valence-electron chi connectivity index (χ1n) is 7.61. The average Bonchev–Trinajstić information content (AvgIpc) is 2.88. The second kappa shape index (κ2) is 7.73. The largest absolute Gasteiger partial charge is 0.396 e. The van der Waals surface area contributed by atoms with Gasteiger partial charge in [-0.25, -0.2) is 4.79 Å². The molecule has 0 saturated heterocycles. The summed E-state index contributed by atoms with van der Waals surface area (Å²) in [7, 11) is 0. The van der Waals surface area contributed by atoms with Gasteiger partial charge in [0.1, 0.15) is 0 Å². The third-order valence-electron chi connectivity index (χ3n) is 4.34. The van der Waals surface area contributed by atoms with Gasteiger partial charge in [0, 0.05) is 19.2 Å². The van der Waals surface area contributed by atoms with Gasteiger partial charge in [-0.3, -0.25) is 0 Å². The molecule has 0 aliphatic heterocycles. The van der Waals surface area contributed by atoms with E-state index in [0.717, 1.165) is 25.3 Å². The predicted octanol–water partition coefficient (Wildman–Crippen LogP) is 2.66. The van der Waals surface area contributed by atoms with Gasteiger partial charge in [0.25, 0.3) is 0 Å². The lowest BCUT2D eigenvalue weighted by Crippen LogP contribution is -2.45. The number of nitrogens with one attached hydrogen (secondary N) is 2. The van der Waals surface area contributed by atoms with E-state index in [9.17, 15) is 4.79 Å². The number of hydrogen-bond acceptors (Lipinski definition) is 2. The first kappa shape index (κ1) is 16.3. The van der Waals surface area contributed by atoms with Crippen LogP contribution < -0.4 is 10.6 Å². The van der Waals surface area contributed by atoms with Gasteiger partial charge in [-0.15, -0.1) is 0 Å². The van der Waals surface area contributed by atoms with Crippen LogP contribution in [0.3, 0.4) is 0 Å². The van der Waals surface area contributed by atoms with Gasteiger partial charge in [0.2, 0.25) is 0 Å². The number of carbonyl (C=O) groups is 1. The highest BCUT2D eigenvalue weighted by atomic mass is 16.3. The molecule has 0 radical (unpaired) electrons. The summed E-state index contributed by atoms with van der Waals surface area (Å²) in [6, 6.07) is 0.0262. The smallest absolute Gasteiger partial charge is 0.315 e. The van der Waals surface area contributed by atoms with Gasteiger partial charge < -0.3 is 15.7 Å². The van der Waals surface area contributed by atoms with E-state index in [2.05, 4.69) is 24.5 Å². The highest BCUT2D eigenvalue weighted by molar-refractivity contribution is 5.74. The molecular weight excluding hydrogens is 240 g/mol. The molecule has 1 saturated carbocycles. The molecule has 1 aliphatic carbocycles. The third kappa shape index (κ3) is 5.81. The minimum Gasteiger partial charge on any atom is -0.396 e. The number of aliphatic hydroxyl groups is 1. The number of hydrogen-bond donors (Lipinski definition) is 3. The lowest BCUT2D eigenvalue weighted by molar-refractivity contribution is 0.197. The molecule has 1 atom stereocenters. The molecule has 19 heavy (non-hydrogen) atoms. The Balaban J connectivity index is 2.24. The van der Waals surface area contributed by atoms with Crippen LogP contribution >= 0.6 is 0 Å². The zero-order valence-corrected chi connectivity index (χ0v) is 12.7. The van der Waals surface area contributed by atoms with Gasteiger partial charge in [-0.1, -0.05) is 26.7 Å². The topological polar surface area (TPSA) is 61.4 Å². The monoisotopic (exact) mass is 270 g/mol. The van der Waals surface area contributed by atoms with Crippen LogP contribution in [0.2, 0.25) is 0 Å². The molecule has 0 aromatic rings. The maximum Gasteiger partial charge on any atom is 0.315 e. The zero-order chi connectivity index (χ0) is 14.3. The highest BCUT2D eigenvalue weighted by Gasteiger charge is 2.31. The molecule has 112 valence electrons. The minimum atomic E-state index is -0.0866. The van der Waals surface area contributed by atoms with Crippen molar-refractivity contribution in [3.63, 3.8) is 0 Å². The van der Waals surface area contributed by atoms with Gasteiger partial charge in [0.05, 0.1) is 0 Å². The van der Waals surface area contributed by atoms with Gasteiger partial charge in [-0.05, 0) is 43.9 Å². The number of urea groups is 1. The maximum atomic E-state index is 11.8. The zero-order valence-electron chi connectivity index (χ0n) is 12.7. The predicted molar refractivity (Wildman–Crippen MR) is 78.1 cm³/mol. The summed E-state index contributed by atoms with van der Waals surface area (Å²) in [5, 5.41) is 14.7. The summed E-state index contributed by atoms with van der Waals surface area (Å²) in [5.41, 5.74) is 0.183. The van der Waals surface area contributed by atoms with Gasteiger partial charge in [0.15, 0.2) is 0 Å². The Kier molecular flexibility index (Phi) is 6.63. The van der Waals surface area contributed by atoms with Crippen LogP contribution in [0, 0.1) is 11.3 Å². The molecule has 4 heteroatoms. The van der Waals surface area contributed by atoms with E-state index < -0.39 is 0 Å². The lowest BCUT2D eigenvalue weighted by Gasteiger charge is -2.32. The fourth-order valence-electron chi connectivity index (χ4n) is 2.90. The Morgan fingerprint density at radius 2 is 2.00 bits per heavy atom. The van der Waals surface area contributed by atoms with E-state index >= 15 is 0 Å². The van der Waals surface area contributed by atoms with Crippen molar-refractivity contribution in [2.75, 3.05) is 13.2 Å². The molecule has 1 unspecified atom stereocenters. The van der Waals surface area contributed by atoms with Crippen molar-refractivity contribution in [3.05, 3.63) is 0 Å². The van der Waals surface area contributed by atoms with Crippen molar-refractivity contribution in [2.24, 2.45) is 11.3 Å². The molecule has 1 rings (SSSR count). The molecule has 3 N–H and O–H groups in total. The van der Waals surface area contributed by atoms with Crippen molar-refractivity contribution >= 4 is 6.03 Å². The first-order valence-corrected chi connectivity index (χ1v) is 7.61. The molecule has 0 spiro atoms. The normalized spacial score (nSPS) is 18.3. The Bertz CT molecular complexity index is 273. The molecule has 1 aliphatic rings. The Morgan fingerprint density at radius 3 is 2.58 bits per heavy atom. The van der Waals surface area contributed by atoms with Crippen molar-refractivity contribution in [1.82, 2.24) is 10.6 Å². The van der Waals surface area contributed by atoms with Crippen LogP contribution in [0.15, 0.2) is 0 Å². The van der Waals surface area contributed by atoms with Crippen molar-refractivity contribution in [3.8, 4) is 0 Å². The number of amides is 2. The van der Waals surface area contributed by atoms with Crippen LogP contribution in [0.4, 0.5) is 4.79 Å². The lowest BCUT2D eigenvalue weighted by atomic mass is 9.78. The standard InChI is InChI=1S/C15H30N2O2/c1-12(7-6-10-18)17-14(19)16-11-15(2,3)13-8-4-5-9-13/h12-13,18H,4-11H2,1-3H3,(H2,16,17,19). The molecule has 0 heterocycles.